The van der Waals surface area contributed by atoms with E-state index in [1.807, 2.05) is 18.7 Å². The van der Waals surface area contributed by atoms with Crippen molar-refractivity contribution >= 4 is 8.80 Å². The smallest absolute Gasteiger partial charge is 0.390 e. The molecule has 0 bridgehead atoms. The minimum absolute atomic E-state index is 0.106. The Morgan fingerprint density at radius 3 is 1.82 bits per heavy atom. The number of nitrogens with zero attached hydrogens (tertiary/aromatic N) is 1. The lowest BCUT2D eigenvalue weighted by Crippen LogP contribution is -2.39. The van der Waals surface area contributed by atoms with E-state index in [9.17, 15) is 0 Å². The van der Waals surface area contributed by atoms with Gasteiger partial charge in [0.2, 0.25) is 0 Å². The highest BCUT2D eigenvalue weighted by molar-refractivity contribution is 6.56. The molecule has 0 aromatic carbocycles. The third kappa shape index (κ3) is 6.45. The standard InChI is InChI=1S/C6H17NO3Si/c1-3-7(4-2)5-6-11(8,9)10/h8-10H,3-6H2,1-2H3. The monoisotopic (exact) mass is 179 g/mol. The van der Waals surface area contributed by atoms with Gasteiger partial charge in [-0.15, -0.1) is 0 Å². The van der Waals surface area contributed by atoms with E-state index >= 15 is 0 Å². The SMILES string of the molecule is CCN(CC)CC[Si](O)(O)O. The lowest BCUT2D eigenvalue weighted by molar-refractivity contribution is 0.213. The second-order valence-corrected chi connectivity index (χ2v) is 4.60. The lowest BCUT2D eigenvalue weighted by Gasteiger charge is -2.19. The molecule has 11 heavy (non-hydrogen) atoms. The Morgan fingerprint density at radius 2 is 1.55 bits per heavy atom. The molecular formula is C6H17NO3Si. The van der Waals surface area contributed by atoms with Crippen LogP contribution in [-0.2, 0) is 0 Å². The largest absolute Gasteiger partial charge is 0.494 e. The van der Waals surface area contributed by atoms with Crippen molar-refractivity contribution in [2.75, 3.05) is 19.6 Å². The highest BCUT2D eigenvalue weighted by Gasteiger charge is 2.26. The molecule has 0 aliphatic carbocycles. The molecule has 3 N–H and O–H groups in total. The average molecular weight is 179 g/mol. The van der Waals surface area contributed by atoms with Crippen molar-refractivity contribution in [2.45, 2.75) is 19.9 Å². The summed E-state index contributed by atoms with van der Waals surface area (Å²) in [7, 11) is -3.79. The van der Waals surface area contributed by atoms with Crippen LogP contribution < -0.4 is 0 Å². The summed E-state index contributed by atoms with van der Waals surface area (Å²) in [6, 6.07) is 0.106. The van der Waals surface area contributed by atoms with Gasteiger partial charge < -0.3 is 19.3 Å². The highest BCUT2D eigenvalue weighted by Crippen LogP contribution is 1.98. The van der Waals surface area contributed by atoms with Crippen molar-refractivity contribution < 1.29 is 14.4 Å². The molecule has 68 valence electrons. The minimum Gasteiger partial charge on any atom is -0.390 e. The van der Waals surface area contributed by atoms with E-state index < -0.39 is 8.80 Å². The van der Waals surface area contributed by atoms with E-state index in [1.165, 1.54) is 0 Å². The molecule has 0 aromatic heterocycles. The molecule has 0 aromatic rings. The van der Waals surface area contributed by atoms with Gasteiger partial charge in [0.15, 0.2) is 0 Å². The second kappa shape index (κ2) is 4.84. The molecule has 0 aliphatic heterocycles. The van der Waals surface area contributed by atoms with Crippen LogP contribution in [0.2, 0.25) is 6.04 Å². The summed E-state index contributed by atoms with van der Waals surface area (Å²) < 4.78 is 0. The first-order chi connectivity index (χ1) is 4.99. The number of hydrogen-bond acceptors (Lipinski definition) is 4. The van der Waals surface area contributed by atoms with Gasteiger partial charge in [-0.05, 0) is 13.1 Å². The molecule has 0 amide bonds. The van der Waals surface area contributed by atoms with Gasteiger partial charge >= 0.3 is 8.80 Å². The van der Waals surface area contributed by atoms with Crippen molar-refractivity contribution in [1.29, 1.82) is 0 Å². The van der Waals surface area contributed by atoms with E-state index in [0.29, 0.717) is 6.54 Å². The van der Waals surface area contributed by atoms with E-state index in [-0.39, 0.29) is 6.04 Å². The fourth-order valence-corrected chi connectivity index (χ4v) is 1.46. The predicted octanol–water partition coefficient (Wildman–Crippen LogP) is -0.756. The molecule has 0 spiro atoms. The Kier molecular flexibility index (Phi) is 4.86. The van der Waals surface area contributed by atoms with E-state index in [2.05, 4.69) is 0 Å². The van der Waals surface area contributed by atoms with Crippen LogP contribution in [0.3, 0.4) is 0 Å². The first kappa shape index (κ1) is 11.1. The zero-order valence-corrected chi connectivity index (χ0v) is 8.12. The summed E-state index contributed by atoms with van der Waals surface area (Å²) in [5.74, 6) is 0. The maximum atomic E-state index is 8.68. The quantitative estimate of drug-likeness (QED) is 0.486. The molecule has 4 nitrogen and oxygen atoms in total. The van der Waals surface area contributed by atoms with E-state index in [1.54, 1.807) is 0 Å². The van der Waals surface area contributed by atoms with Gasteiger partial charge in [0.1, 0.15) is 0 Å². The van der Waals surface area contributed by atoms with Gasteiger partial charge in [-0.3, -0.25) is 0 Å². The molecule has 0 saturated heterocycles. The number of hydrogen-bond donors (Lipinski definition) is 3. The Labute approximate surface area is 68.5 Å². The third-order valence-electron chi connectivity index (χ3n) is 1.66. The maximum absolute atomic E-state index is 8.68. The van der Waals surface area contributed by atoms with Gasteiger partial charge in [0.25, 0.3) is 0 Å². The molecular weight excluding hydrogens is 162 g/mol. The summed E-state index contributed by atoms with van der Waals surface area (Å²) in [5.41, 5.74) is 0. The zero-order chi connectivity index (χ0) is 8.91. The maximum Gasteiger partial charge on any atom is 0.494 e. The topological polar surface area (TPSA) is 63.9 Å². The average Bonchev–Trinajstić information content (AvgIpc) is 1.88. The summed E-state index contributed by atoms with van der Waals surface area (Å²) in [4.78, 5) is 28.1. The molecule has 0 rings (SSSR count). The lowest BCUT2D eigenvalue weighted by atomic mass is 10.5. The molecule has 0 radical (unpaired) electrons. The minimum atomic E-state index is -3.79. The molecule has 0 saturated carbocycles. The van der Waals surface area contributed by atoms with Crippen molar-refractivity contribution in [1.82, 2.24) is 4.90 Å². The fourth-order valence-electron chi connectivity index (χ4n) is 0.848. The van der Waals surface area contributed by atoms with E-state index in [4.69, 9.17) is 14.4 Å². The normalized spacial score (nSPS) is 12.5. The van der Waals surface area contributed by atoms with Crippen molar-refractivity contribution in [3.8, 4) is 0 Å². The van der Waals surface area contributed by atoms with Gasteiger partial charge in [0, 0.05) is 12.6 Å². The third-order valence-corrected chi connectivity index (χ3v) is 2.55. The van der Waals surface area contributed by atoms with Crippen molar-refractivity contribution in [2.24, 2.45) is 0 Å². The predicted molar refractivity (Wildman–Crippen MR) is 45.0 cm³/mol. The summed E-state index contributed by atoms with van der Waals surface area (Å²) in [6.45, 7) is 6.31. The van der Waals surface area contributed by atoms with Gasteiger partial charge in [-0.2, -0.15) is 0 Å². The molecule has 0 fully saturated rings. The second-order valence-electron chi connectivity index (χ2n) is 2.55. The van der Waals surface area contributed by atoms with Gasteiger partial charge in [-0.1, -0.05) is 13.8 Å². The van der Waals surface area contributed by atoms with Crippen LogP contribution in [0.5, 0.6) is 0 Å². The van der Waals surface area contributed by atoms with Crippen molar-refractivity contribution in [3.05, 3.63) is 0 Å². The highest BCUT2D eigenvalue weighted by atomic mass is 28.4. The van der Waals surface area contributed by atoms with E-state index in [0.717, 1.165) is 13.1 Å². The van der Waals surface area contributed by atoms with Gasteiger partial charge in [0.05, 0.1) is 0 Å². The van der Waals surface area contributed by atoms with Crippen LogP contribution >= 0.6 is 0 Å². The molecule has 5 heteroatoms. The molecule has 0 unspecified atom stereocenters. The molecule has 0 atom stereocenters. The van der Waals surface area contributed by atoms with Crippen LogP contribution in [-0.4, -0.2) is 47.7 Å². The van der Waals surface area contributed by atoms with Crippen LogP contribution in [0, 0.1) is 0 Å². The fraction of sp³-hybridized carbons (Fsp3) is 1.00. The van der Waals surface area contributed by atoms with Crippen LogP contribution in [0.25, 0.3) is 0 Å². The first-order valence-electron chi connectivity index (χ1n) is 3.89. The van der Waals surface area contributed by atoms with Crippen LogP contribution in [0.4, 0.5) is 0 Å². The summed E-state index contributed by atoms with van der Waals surface area (Å²) in [5, 5.41) is 0. The number of rotatable bonds is 5. The molecule has 0 heterocycles. The Hall–Kier alpha value is 0.0569. The summed E-state index contributed by atoms with van der Waals surface area (Å²) >= 11 is 0. The van der Waals surface area contributed by atoms with Crippen LogP contribution in [0.15, 0.2) is 0 Å². The Bertz CT molecular complexity index is 100. The Morgan fingerprint density at radius 1 is 1.09 bits per heavy atom. The zero-order valence-electron chi connectivity index (χ0n) is 7.12. The van der Waals surface area contributed by atoms with Gasteiger partial charge in [-0.25, -0.2) is 0 Å². The molecule has 0 aliphatic rings. The van der Waals surface area contributed by atoms with Crippen molar-refractivity contribution in [3.63, 3.8) is 0 Å². The first-order valence-corrected chi connectivity index (χ1v) is 5.94. The summed E-state index contributed by atoms with van der Waals surface area (Å²) in [6.07, 6.45) is 0. The van der Waals surface area contributed by atoms with Crippen LogP contribution in [0.1, 0.15) is 13.8 Å². The Balaban J connectivity index is 3.51.